The molecule has 0 unspecified atom stereocenters. The number of aromatic nitrogens is 2. The van der Waals surface area contributed by atoms with Crippen LogP contribution in [0.4, 0.5) is 5.82 Å². The smallest absolute Gasteiger partial charge is 0.135 e. The second-order valence-electron chi connectivity index (χ2n) is 4.14. The minimum atomic E-state index is 0.550. The molecule has 2 N–H and O–H groups in total. The molecule has 1 aromatic rings. The van der Waals surface area contributed by atoms with E-state index in [1.165, 1.54) is 0 Å². The summed E-state index contributed by atoms with van der Waals surface area (Å²) in [6.45, 7) is 9.53. The van der Waals surface area contributed by atoms with E-state index in [0.717, 1.165) is 17.3 Å². The van der Waals surface area contributed by atoms with Crippen LogP contribution in [0.1, 0.15) is 27.7 Å². The van der Waals surface area contributed by atoms with Crippen LogP contribution in [0, 0.1) is 5.92 Å². The van der Waals surface area contributed by atoms with Crippen molar-refractivity contribution >= 4 is 17.6 Å². The number of hydrogen-bond acceptors (Lipinski definition) is 3. The molecule has 0 saturated heterocycles. The minimum Gasteiger partial charge on any atom is -0.383 e. The van der Waals surface area contributed by atoms with Gasteiger partial charge in [0.05, 0.1) is 11.1 Å². The number of nitrogens with zero attached hydrogens (tertiary/aromatic N) is 2. The topological polar surface area (TPSA) is 43.8 Å². The number of thioether (sulfide) groups is 1. The van der Waals surface area contributed by atoms with Gasteiger partial charge in [-0.25, -0.2) is 4.68 Å². The molecule has 0 fully saturated rings. The largest absolute Gasteiger partial charge is 0.383 e. The monoisotopic (exact) mass is 213 g/mol. The van der Waals surface area contributed by atoms with Gasteiger partial charge in [-0.2, -0.15) is 5.10 Å². The Morgan fingerprint density at radius 3 is 2.57 bits per heavy atom. The average Bonchev–Trinajstić information content (AvgIpc) is 2.34. The van der Waals surface area contributed by atoms with E-state index >= 15 is 0 Å². The van der Waals surface area contributed by atoms with Gasteiger partial charge < -0.3 is 5.73 Å². The molecule has 3 nitrogen and oxygen atoms in total. The predicted octanol–water partition coefficient (Wildman–Crippen LogP) is 2.62. The first-order valence-corrected chi connectivity index (χ1v) is 5.86. The Bertz CT molecular complexity index is 264. The molecule has 1 heterocycles. The summed E-state index contributed by atoms with van der Waals surface area (Å²) in [5, 5.41) is 4.83. The molecule has 4 heteroatoms. The van der Waals surface area contributed by atoms with Crippen molar-refractivity contribution in [2.24, 2.45) is 5.92 Å². The maximum absolute atomic E-state index is 5.98. The summed E-state index contributed by atoms with van der Waals surface area (Å²) in [6.07, 6.45) is 1.86. The van der Waals surface area contributed by atoms with Gasteiger partial charge in [0, 0.05) is 11.8 Å². The molecule has 0 aliphatic heterocycles. The standard InChI is InChI=1S/C10H19N3S/c1-7(2)6-13-10(11)9(5-12-13)14-8(3)4/h5,7-8H,6,11H2,1-4H3. The first-order chi connectivity index (χ1) is 6.50. The Morgan fingerprint density at radius 1 is 1.43 bits per heavy atom. The molecule has 0 spiro atoms. The first kappa shape index (κ1) is 11.4. The maximum atomic E-state index is 5.98. The van der Waals surface area contributed by atoms with E-state index in [1.807, 2.05) is 10.9 Å². The first-order valence-electron chi connectivity index (χ1n) is 4.98. The van der Waals surface area contributed by atoms with Crippen molar-refractivity contribution in [1.29, 1.82) is 0 Å². The van der Waals surface area contributed by atoms with Crippen LogP contribution in [0.15, 0.2) is 11.1 Å². The Balaban J connectivity index is 2.75. The lowest BCUT2D eigenvalue weighted by molar-refractivity contribution is 0.488. The van der Waals surface area contributed by atoms with Crippen molar-refractivity contribution < 1.29 is 0 Å². The molecular formula is C10H19N3S. The van der Waals surface area contributed by atoms with E-state index in [9.17, 15) is 0 Å². The minimum absolute atomic E-state index is 0.550. The second kappa shape index (κ2) is 4.73. The lowest BCUT2D eigenvalue weighted by atomic mass is 10.2. The molecule has 0 radical (unpaired) electrons. The third-order valence-electron chi connectivity index (χ3n) is 1.75. The van der Waals surface area contributed by atoms with Gasteiger partial charge in [-0.05, 0) is 5.92 Å². The quantitative estimate of drug-likeness (QED) is 0.782. The zero-order valence-corrected chi connectivity index (χ0v) is 10.1. The van der Waals surface area contributed by atoms with Crippen LogP contribution in [-0.4, -0.2) is 15.0 Å². The average molecular weight is 213 g/mol. The Labute approximate surface area is 90.1 Å². The number of nitrogen functional groups attached to an aromatic ring is 1. The molecule has 0 aliphatic carbocycles. The van der Waals surface area contributed by atoms with Crippen LogP contribution < -0.4 is 5.73 Å². The van der Waals surface area contributed by atoms with Gasteiger partial charge in [0.15, 0.2) is 0 Å². The number of anilines is 1. The molecule has 0 aromatic carbocycles. The van der Waals surface area contributed by atoms with E-state index in [2.05, 4.69) is 32.8 Å². The fraction of sp³-hybridized carbons (Fsp3) is 0.700. The van der Waals surface area contributed by atoms with Crippen molar-refractivity contribution in [1.82, 2.24) is 9.78 Å². The molecule has 0 amide bonds. The summed E-state index contributed by atoms with van der Waals surface area (Å²) in [4.78, 5) is 1.10. The zero-order valence-electron chi connectivity index (χ0n) is 9.32. The lowest BCUT2D eigenvalue weighted by Crippen LogP contribution is -2.09. The summed E-state index contributed by atoms with van der Waals surface area (Å²) in [6, 6.07) is 0. The summed E-state index contributed by atoms with van der Waals surface area (Å²) in [5.74, 6) is 1.38. The number of rotatable bonds is 4. The fourth-order valence-corrected chi connectivity index (χ4v) is 2.06. The van der Waals surface area contributed by atoms with Crippen LogP contribution in [0.2, 0.25) is 0 Å². The highest BCUT2D eigenvalue weighted by Gasteiger charge is 2.10. The second-order valence-corrected chi connectivity index (χ2v) is 5.75. The summed E-state index contributed by atoms with van der Waals surface area (Å²) in [7, 11) is 0. The van der Waals surface area contributed by atoms with Gasteiger partial charge >= 0.3 is 0 Å². The third-order valence-corrected chi connectivity index (χ3v) is 2.79. The zero-order chi connectivity index (χ0) is 10.7. The molecular weight excluding hydrogens is 194 g/mol. The summed E-state index contributed by atoms with van der Waals surface area (Å²) >= 11 is 1.76. The Hall–Kier alpha value is -0.640. The van der Waals surface area contributed by atoms with Gasteiger partial charge in [0.2, 0.25) is 0 Å². The maximum Gasteiger partial charge on any atom is 0.135 e. The summed E-state index contributed by atoms with van der Waals surface area (Å²) in [5.41, 5.74) is 5.98. The van der Waals surface area contributed by atoms with Gasteiger partial charge in [0.25, 0.3) is 0 Å². The molecule has 0 aliphatic rings. The van der Waals surface area contributed by atoms with E-state index in [0.29, 0.717) is 11.2 Å². The van der Waals surface area contributed by atoms with Crippen LogP contribution >= 0.6 is 11.8 Å². The molecule has 1 rings (SSSR count). The lowest BCUT2D eigenvalue weighted by Gasteiger charge is -2.08. The van der Waals surface area contributed by atoms with Crippen molar-refractivity contribution in [2.75, 3.05) is 5.73 Å². The number of hydrogen-bond donors (Lipinski definition) is 1. The molecule has 14 heavy (non-hydrogen) atoms. The molecule has 0 saturated carbocycles. The third kappa shape index (κ3) is 2.94. The van der Waals surface area contributed by atoms with Crippen molar-refractivity contribution in [3.63, 3.8) is 0 Å². The van der Waals surface area contributed by atoms with E-state index in [-0.39, 0.29) is 0 Å². The fourth-order valence-electron chi connectivity index (χ4n) is 1.21. The van der Waals surface area contributed by atoms with Crippen LogP contribution in [0.5, 0.6) is 0 Å². The highest BCUT2D eigenvalue weighted by atomic mass is 32.2. The van der Waals surface area contributed by atoms with Crippen LogP contribution in [0.25, 0.3) is 0 Å². The van der Waals surface area contributed by atoms with E-state index < -0.39 is 0 Å². The highest BCUT2D eigenvalue weighted by molar-refractivity contribution is 8.00. The van der Waals surface area contributed by atoms with Crippen LogP contribution in [0.3, 0.4) is 0 Å². The molecule has 0 bridgehead atoms. The van der Waals surface area contributed by atoms with E-state index in [4.69, 9.17) is 5.73 Å². The number of nitrogens with two attached hydrogens (primary N) is 1. The summed E-state index contributed by atoms with van der Waals surface area (Å²) < 4.78 is 1.88. The van der Waals surface area contributed by atoms with Gasteiger partial charge in [-0.3, -0.25) is 0 Å². The highest BCUT2D eigenvalue weighted by Crippen LogP contribution is 2.28. The molecule has 1 aromatic heterocycles. The molecule has 0 atom stereocenters. The Morgan fingerprint density at radius 2 is 2.07 bits per heavy atom. The van der Waals surface area contributed by atoms with Gasteiger partial charge in [-0.1, -0.05) is 27.7 Å². The molecule has 80 valence electrons. The van der Waals surface area contributed by atoms with Gasteiger partial charge in [0.1, 0.15) is 5.82 Å². The Kier molecular flexibility index (Phi) is 3.86. The van der Waals surface area contributed by atoms with Crippen molar-refractivity contribution in [2.45, 2.75) is 44.4 Å². The van der Waals surface area contributed by atoms with E-state index in [1.54, 1.807) is 11.8 Å². The predicted molar refractivity (Wildman–Crippen MR) is 62.5 cm³/mol. The van der Waals surface area contributed by atoms with Crippen LogP contribution in [-0.2, 0) is 6.54 Å². The van der Waals surface area contributed by atoms with Crippen molar-refractivity contribution in [3.8, 4) is 0 Å². The van der Waals surface area contributed by atoms with Gasteiger partial charge in [-0.15, -0.1) is 11.8 Å². The van der Waals surface area contributed by atoms with Crippen molar-refractivity contribution in [3.05, 3.63) is 6.20 Å². The SMILES string of the molecule is CC(C)Cn1ncc(SC(C)C)c1N. The normalized spacial score (nSPS) is 11.6.